The molecular weight excluding hydrogens is 438 g/mol. The Hall–Kier alpha value is -1.64. The lowest BCUT2D eigenvalue weighted by molar-refractivity contribution is -0.148. The van der Waals surface area contributed by atoms with Crippen LogP contribution in [0, 0.1) is 30.1 Å². The van der Waals surface area contributed by atoms with Crippen molar-refractivity contribution in [2.75, 3.05) is 0 Å². The second kappa shape index (κ2) is 7.46. The van der Waals surface area contributed by atoms with E-state index in [0.717, 1.165) is 24.8 Å². The van der Waals surface area contributed by atoms with Crippen LogP contribution in [0.25, 0.3) is 0 Å². The summed E-state index contributed by atoms with van der Waals surface area (Å²) in [5.41, 5.74) is 4.73. The van der Waals surface area contributed by atoms with E-state index in [4.69, 9.17) is 17.3 Å². The summed E-state index contributed by atoms with van der Waals surface area (Å²) < 4.78 is 28.3. The largest absolute Gasteiger partial charge is 0.369 e. The van der Waals surface area contributed by atoms with Crippen LogP contribution in [-0.2, 0) is 19.6 Å². The van der Waals surface area contributed by atoms with E-state index >= 15 is 0 Å². The maximum absolute atomic E-state index is 13.1. The number of benzene rings is 1. The smallest absolute Gasteiger partial charge is 0.241 e. The fourth-order valence-electron chi connectivity index (χ4n) is 6.08. The van der Waals surface area contributed by atoms with Crippen molar-refractivity contribution < 1.29 is 18.0 Å². The average molecular weight is 468 g/mol. The topological polar surface area (TPSA) is 118 Å². The minimum absolute atomic E-state index is 0.0157. The van der Waals surface area contributed by atoms with E-state index in [0.29, 0.717) is 23.8 Å². The number of halogens is 1. The van der Waals surface area contributed by atoms with E-state index in [2.05, 4.69) is 10.0 Å². The minimum atomic E-state index is -3.94. The van der Waals surface area contributed by atoms with Gasteiger partial charge in [0.25, 0.3) is 0 Å². The molecule has 4 bridgehead atoms. The van der Waals surface area contributed by atoms with Crippen LogP contribution < -0.4 is 15.8 Å². The van der Waals surface area contributed by atoms with Gasteiger partial charge >= 0.3 is 0 Å². The van der Waals surface area contributed by atoms with Crippen molar-refractivity contribution in [3.63, 3.8) is 0 Å². The molecule has 0 aliphatic heterocycles. The molecule has 0 aromatic heterocycles. The van der Waals surface area contributed by atoms with Crippen molar-refractivity contribution in [3.05, 3.63) is 28.8 Å². The second-order valence-corrected chi connectivity index (χ2v) is 12.3. The number of aryl methyl sites for hydroxylation is 1. The maximum Gasteiger partial charge on any atom is 0.241 e. The van der Waals surface area contributed by atoms with E-state index in [9.17, 15) is 18.0 Å². The van der Waals surface area contributed by atoms with Gasteiger partial charge in [-0.05, 0) is 88.3 Å². The lowest BCUT2D eigenvalue weighted by atomic mass is 9.47. The summed E-state index contributed by atoms with van der Waals surface area (Å²) in [4.78, 5) is 25.3. The van der Waals surface area contributed by atoms with Gasteiger partial charge in [-0.3, -0.25) is 9.59 Å². The quantitative estimate of drug-likeness (QED) is 0.595. The monoisotopic (exact) mass is 467 g/mol. The number of nitrogens with one attached hydrogen (secondary N) is 2. The van der Waals surface area contributed by atoms with Crippen molar-refractivity contribution in [3.8, 4) is 0 Å². The van der Waals surface area contributed by atoms with Crippen LogP contribution in [0.2, 0.25) is 5.02 Å². The SMILES string of the molecule is Cc1ccc(S(=O)(=O)NC(C)(C)C(=O)NC2C3CC4CC2CC(C(N)=O)(C4)C3)cc1Cl. The van der Waals surface area contributed by atoms with Gasteiger partial charge in [-0.25, -0.2) is 8.42 Å². The Morgan fingerprint density at radius 2 is 1.77 bits per heavy atom. The molecule has 5 rings (SSSR count). The van der Waals surface area contributed by atoms with Gasteiger partial charge < -0.3 is 11.1 Å². The van der Waals surface area contributed by atoms with E-state index < -0.39 is 21.0 Å². The fraction of sp³-hybridized carbons (Fsp3) is 0.636. The number of nitrogens with two attached hydrogens (primary N) is 1. The molecule has 0 heterocycles. The number of carbonyl (C=O) groups is 2. The molecule has 4 saturated carbocycles. The molecule has 2 unspecified atom stereocenters. The first kappa shape index (κ1) is 22.6. The number of sulfonamides is 1. The van der Waals surface area contributed by atoms with E-state index in [1.165, 1.54) is 12.1 Å². The molecule has 4 aliphatic rings. The molecule has 7 nitrogen and oxygen atoms in total. The fourth-order valence-corrected chi connectivity index (χ4v) is 7.72. The lowest BCUT2D eigenvalue weighted by Crippen LogP contribution is -2.65. The molecule has 0 spiro atoms. The summed E-state index contributed by atoms with van der Waals surface area (Å²) in [6, 6.07) is 4.43. The van der Waals surface area contributed by atoms with Crippen LogP contribution in [0.15, 0.2) is 23.1 Å². The standard InChI is InChI=1S/C22H30ClN3O4S/c1-12-4-5-16(8-17(12)23)31(29,30)26-21(2,3)20(28)25-18-14-6-13-7-15(18)11-22(9-13,10-14)19(24)27/h4-5,8,13-15,18,26H,6-7,9-11H2,1-3H3,(H2,24,27)(H,25,28). The van der Waals surface area contributed by atoms with Crippen LogP contribution in [0.1, 0.15) is 51.5 Å². The molecule has 2 amide bonds. The molecule has 2 atom stereocenters. The molecule has 1 aromatic carbocycles. The molecule has 4 fully saturated rings. The molecule has 31 heavy (non-hydrogen) atoms. The van der Waals surface area contributed by atoms with Crippen LogP contribution in [0.4, 0.5) is 0 Å². The first-order chi connectivity index (χ1) is 14.3. The second-order valence-electron chi connectivity index (χ2n) is 10.3. The summed E-state index contributed by atoms with van der Waals surface area (Å²) in [5, 5.41) is 3.46. The van der Waals surface area contributed by atoms with Gasteiger partial charge in [0.15, 0.2) is 0 Å². The van der Waals surface area contributed by atoms with Crippen molar-refractivity contribution >= 4 is 33.4 Å². The van der Waals surface area contributed by atoms with Crippen LogP contribution in [0.5, 0.6) is 0 Å². The van der Waals surface area contributed by atoms with Crippen LogP contribution in [-0.4, -0.2) is 31.8 Å². The lowest BCUT2D eigenvalue weighted by Gasteiger charge is -2.59. The van der Waals surface area contributed by atoms with E-state index in [1.54, 1.807) is 26.8 Å². The highest BCUT2D eigenvalue weighted by atomic mass is 35.5. The Morgan fingerprint density at radius 3 is 2.32 bits per heavy atom. The number of hydrogen-bond acceptors (Lipinski definition) is 4. The van der Waals surface area contributed by atoms with Gasteiger partial charge in [-0.15, -0.1) is 0 Å². The highest BCUT2D eigenvalue weighted by molar-refractivity contribution is 7.89. The first-order valence-electron chi connectivity index (χ1n) is 10.7. The normalized spacial score (nSPS) is 32.1. The highest BCUT2D eigenvalue weighted by Crippen LogP contribution is 2.59. The summed E-state index contributed by atoms with van der Waals surface area (Å²) in [5.74, 6) is 0.286. The zero-order chi connectivity index (χ0) is 22.8. The zero-order valence-corrected chi connectivity index (χ0v) is 19.6. The van der Waals surface area contributed by atoms with Gasteiger partial charge in [0, 0.05) is 16.5 Å². The number of carbonyl (C=O) groups excluding carboxylic acids is 2. The predicted molar refractivity (Wildman–Crippen MR) is 118 cm³/mol. The number of rotatable bonds is 6. The van der Waals surface area contributed by atoms with Crippen molar-refractivity contribution in [1.29, 1.82) is 0 Å². The van der Waals surface area contributed by atoms with Gasteiger partial charge in [0.1, 0.15) is 5.54 Å². The predicted octanol–water partition coefficient (Wildman–Crippen LogP) is 2.50. The first-order valence-corrected chi connectivity index (χ1v) is 12.6. The minimum Gasteiger partial charge on any atom is -0.369 e. The Morgan fingerprint density at radius 1 is 1.16 bits per heavy atom. The molecule has 0 radical (unpaired) electrons. The van der Waals surface area contributed by atoms with Crippen molar-refractivity contribution in [2.24, 2.45) is 28.9 Å². The summed E-state index contributed by atoms with van der Waals surface area (Å²) in [6.07, 6.45) is 4.22. The molecule has 4 N–H and O–H groups in total. The van der Waals surface area contributed by atoms with E-state index in [1.807, 2.05) is 0 Å². The van der Waals surface area contributed by atoms with E-state index in [-0.39, 0.29) is 34.6 Å². The van der Waals surface area contributed by atoms with Gasteiger partial charge in [-0.2, -0.15) is 4.72 Å². The van der Waals surface area contributed by atoms with Crippen LogP contribution >= 0.6 is 11.6 Å². The summed E-state index contributed by atoms with van der Waals surface area (Å²) >= 11 is 6.08. The summed E-state index contributed by atoms with van der Waals surface area (Å²) in [7, 11) is -3.94. The summed E-state index contributed by atoms with van der Waals surface area (Å²) in [6.45, 7) is 4.89. The van der Waals surface area contributed by atoms with Crippen molar-refractivity contribution in [2.45, 2.75) is 69.4 Å². The zero-order valence-electron chi connectivity index (χ0n) is 18.1. The Bertz CT molecular complexity index is 1020. The molecule has 170 valence electrons. The molecule has 4 aliphatic carbocycles. The number of primary amides is 1. The third-order valence-corrected chi connectivity index (χ3v) is 9.57. The maximum atomic E-state index is 13.1. The highest BCUT2D eigenvalue weighted by Gasteiger charge is 2.58. The van der Waals surface area contributed by atoms with Crippen molar-refractivity contribution in [1.82, 2.24) is 10.0 Å². The third-order valence-electron chi connectivity index (χ3n) is 7.50. The molecule has 0 saturated heterocycles. The average Bonchev–Trinajstić information content (AvgIpc) is 2.65. The third kappa shape index (κ3) is 3.98. The number of hydrogen-bond donors (Lipinski definition) is 3. The Labute approximate surface area is 188 Å². The van der Waals surface area contributed by atoms with Gasteiger partial charge in [0.05, 0.1) is 4.90 Å². The Balaban J connectivity index is 1.48. The van der Waals surface area contributed by atoms with Gasteiger partial charge in [-0.1, -0.05) is 17.7 Å². The van der Waals surface area contributed by atoms with Gasteiger partial charge in [0.2, 0.25) is 21.8 Å². The molecule has 9 heteroatoms. The number of amides is 2. The molecule has 1 aromatic rings. The molecular formula is C22H30ClN3O4S. The Kier molecular flexibility index (Phi) is 5.42. The van der Waals surface area contributed by atoms with Crippen LogP contribution in [0.3, 0.4) is 0 Å².